The van der Waals surface area contributed by atoms with E-state index in [0.717, 1.165) is 19.2 Å². The molecule has 0 heterocycles. The highest BCUT2D eigenvalue weighted by atomic mass is 19.4. The second kappa shape index (κ2) is 4.52. The Morgan fingerprint density at radius 1 is 1.29 bits per heavy atom. The van der Waals surface area contributed by atoms with E-state index >= 15 is 0 Å². The maximum atomic E-state index is 12.1. The Labute approximate surface area is 94.9 Å². The first-order valence-corrected chi connectivity index (χ1v) is 4.55. The minimum Gasteiger partial charge on any atom is -0.507 e. The van der Waals surface area contributed by atoms with Crippen LogP contribution in [0.1, 0.15) is 10.4 Å². The molecule has 1 rings (SSSR count). The monoisotopic (exact) mass is 249 g/mol. The number of phenolic OH excluding ortho intramolecular Hbond substituents is 2. The van der Waals surface area contributed by atoms with Gasteiger partial charge in [0.05, 0.1) is 0 Å². The van der Waals surface area contributed by atoms with E-state index in [0.29, 0.717) is 4.90 Å². The van der Waals surface area contributed by atoms with Crippen molar-refractivity contribution in [2.75, 3.05) is 13.6 Å². The molecule has 0 fully saturated rings. The van der Waals surface area contributed by atoms with Gasteiger partial charge in [-0.05, 0) is 12.1 Å². The van der Waals surface area contributed by atoms with Crippen LogP contribution in [0.2, 0.25) is 0 Å². The van der Waals surface area contributed by atoms with E-state index in [4.69, 9.17) is 0 Å². The molecule has 4 nitrogen and oxygen atoms in total. The van der Waals surface area contributed by atoms with Crippen LogP contribution in [0.3, 0.4) is 0 Å². The molecule has 0 bridgehead atoms. The van der Waals surface area contributed by atoms with Crippen LogP contribution < -0.4 is 0 Å². The Kier molecular flexibility index (Phi) is 3.50. The Bertz CT molecular complexity index is 411. The molecule has 1 aromatic carbocycles. The fraction of sp³-hybridized carbons (Fsp3) is 0.300. The molecule has 7 heteroatoms. The SMILES string of the molecule is CN(CC(F)(F)F)C(=O)c1c(O)cccc1O. The van der Waals surface area contributed by atoms with E-state index in [1.54, 1.807) is 0 Å². The molecule has 1 amide bonds. The zero-order chi connectivity index (χ0) is 13.2. The number of halogens is 3. The van der Waals surface area contributed by atoms with Crippen molar-refractivity contribution in [2.24, 2.45) is 0 Å². The summed E-state index contributed by atoms with van der Waals surface area (Å²) in [7, 11) is 0.932. The summed E-state index contributed by atoms with van der Waals surface area (Å²) in [6.45, 7) is -1.46. The second-order valence-electron chi connectivity index (χ2n) is 3.45. The lowest BCUT2D eigenvalue weighted by Gasteiger charge is -2.19. The summed E-state index contributed by atoms with van der Waals surface area (Å²) in [5.74, 6) is -2.23. The molecule has 0 aliphatic carbocycles. The average molecular weight is 249 g/mol. The van der Waals surface area contributed by atoms with Gasteiger partial charge in [0, 0.05) is 7.05 Å². The van der Waals surface area contributed by atoms with E-state index in [1.165, 1.54) is 6.07 Å². The summed E-state index contributed by atoms with van der Waals surface area (Å²) >= 11 is 0. The molecule has 0 aromatic heterocycles. The van der Waals surface area contributed by atoms with Crippen LogP contribution in [-0.4, -0.2) is 40.8 Å². The van der Waals surface area contributed by atoms with Gasteiger partial charge in [0.2, 0.25) is 0 Å². The normalized spacial score (nSPS) is 11.3. The van der Waals surface area contributed by atoms with E-state index in [2.05, 4.69) is 0 Å². The number of hydrogen-bond acceptors (Lipinski definition) is 3. The molecule has 0 saturated heterocycles. The Balaban J connectivity index is 2.97. The summed E-state index contributed by atoms with van der Waals surface area (Å²) in [6.07, 6.45) is -4.54. The van der Waals surface area contributed by atoms with Crippen molar-refractivity contribution in [3.8, 4) is 11.5 Å². The number of rotatable bonds is 2. The van der Waals surface area contributed by atoms with Gasteiger partial charge >= 0.3 is 6.18 Å². The molecule has 17 heavy (non-hydrogen) atoms. The predicted molar refractivity (Wildman–Crippen MR) is 52.8 cm³/mol. The summed E-state index contributed by atoms with van der Waals surface area (Å²) in [5, 5.41) is 18.6. The van der Waals surface area contributed by atoms with Gasteiger partial charge in [0.25, 0.3) is 5.91 Å². The summed E-state index contributed by atoms with van der Waals surface area (Å²) in [4.78, 5) is 11.9. The van der Waals surface area contributed by atoms with Crippen LogP contribution >= 0.6 is 0 Å². The topological polar surface area (TPSA) is 60.8 Å². The number of nitrogens with zero attached hydrogens (tertiary/aromatic N) is 1. The number of alkyl halides is 3. The van der Waals surface area contributed by atoms with Gasteiger partial charge in [0.1, 0.15) is 23.6 Å². The standard InChI is InChI=1S/C10H10F3NO3/c1-14(5-10(11,12)13)9(17)8-6(15)3-2-4-7(8)16/h2-4,15-16H,5H2,1H3. The molecular formula is C10H10F3NO3. The van der Waals surface area contributed by atoms with Gasteiger partial charge < -0.3 is 15.1 Å². The van der Waals surface area contributed by atoms with Gasteiger partial charge in [-0.25, -0.2) is 0 Å². The molecule has 94 valence electrons. The number of phenols is 2. The van der Waals surface area contributed by atoms with Crippen molar-refractivity contribution in [1.29, 1.82) is 0 Å². The Morgan fingerprint density at radius 3 is 2.18 bits per heavy atom. The zero-order valence-corrected chi connectivity index (χ0v) is 8.82. The van der Waals surface area contributed by atoms with Crippen LogP contribution in [0, 0.1) is 0 Å². The van der Waals surface area contributed by atoms with Crippen LogP contribution in [-0.2, 0) is 0 Å². The highest BCUT2D eigenvalue weighted by molar-refractivity contribution is 5.99. The van der Waals surface area contributed by atoms with Gasteiger partial charge in [-0.2, -0.15) is 13.2 Å². The number of hydrogen-bond donors (Lipinski definition) is 2. The molecular weight excluding hydrogens is 239 g/mol. The first kappa shape index (κ1) is 13.1. The van der Waals surface area contributed by atoms with Crippen molar-refractivity contribution in [1.82, 2.24) is 4.90 Å². The molecule has 2 N–H and O–H groups in total. The third-order valence-electron chi connectivity index (χ3n) is 2.00. The quantitative estimate of drug-likeness (QED) is 0.839. The lowest BCUT2D eigenvalue weighted by atomic mass is 10.1. The summed E-state index contributed by atoms with van der Waals surface area (Å²) < 4.78 is 36.2. The maximum absolute atomic E-state index is 12.1. The lowest BCUT2D eigenvalue weighted by molar-refractivity contribution is -0.138. The molecule has 0 radical (unpaired) electrons. The van der Waals surface area contributed by atoms with E-state index in [9.17, 15) is 28.2 Å². The minimum absolute atomic E-state index is 0.370. The van der Waals surface area contributed by atoms with E-state index in [-0.39, 0.29) is 0 Å². The van der Waals surface area contributed by atoms with Crippen LogP contribution in [0.25, 0.3) is 0 Å². The summed E-state index contributed by atoms with van der Waals surface area (Å²) in [6, 6.07) is 3.48. The molecule has 0 atom stereocenters. The molecule has 0 aliphatic rings. The predicted octanol–water partition coefficient (Wildman–Crippen LogP) is 1.73. The molecule has 0 unspecified atom stereocenters. The summed E-state index contributed by atoms with van der Waals surface area (Å²) in [5.41, 5.74) is -0.542. The fourth-order valence-electron chi connectivity index (χ4n) is 1.28. The molecule has 0 spiro atoms. The van der Waals surface area contributed by atoms with Crippen molar-refractivity contribution >= 4 is 5.91 Å². The van der Waals surface area contributed by atoms with Gasteiger partial charge in [0.15, 0.2) is 0 Å². The van der Waals surface area contributed by atoms with Crippen molar-refractivity contribution < 1.29 is 28.2 Å². The highest BCUT2D eigenvalue weighted by Gasteiger charge is 2.32. The number of aromatic hydroxyl groups is 2. The van der Waals surface area contributed by atoms with Gasteiger partial charge in [-0.3, -0.25) is 4.79 Å². The number of carbonyl (C=O) groups is 1. The average Bonchev–Trinajstić information content (AvgIpc) is 2.14. The molecule has 0 saturated carbocycles. The van der Waals surface area contributed by atoms with Crippen molar-refractivity contribution in [3.05, 3.63) is 23.8 Å². The number of amides is 1. The van der Waals surface area contributed by atoms with Gasteiger partial charge in [-0.1, -0.05) is 6.07 Å². The third-order valence-corrected chi connectivity index (χ3v) is 2.00. The van der Waals surface area contributed by atoms with E-state index < -0.39 is 35.7 Å². The number of benzene rings is 1. The van der Waals surface area contributed by atoms with Gasteiger partial charge in [-0.15, -0.1) is 0 Å². The fourth-order valence-corrected chi connectivity index (χ4v) is 1.28. The second-order valence-corrected chi connectivity index (χ2v) is 3.45. The van der Waals surface area contributed by atoms with Crippen LogP contribution in [0.4, 0.5) is 13.2 Å². The largest absolute Gasteiger partial charge is 0.507 e. The Hall–Kier alpha value is -1.92. The molecule has 0 aliphatic heterocycles. The smallest absolute Gasteiger partial charge is 0.406 e. The third kappa shape index (κ3) is 3.27. The first-order chi connectivity index (χ1) is 7.72. The van der Waals surface area contributed by atoms with E-state index in [1.807, 2.05) is 0 Å². The maximum Gasteiger partial charge on any atom is 0.406 e. The minimum atomic E-state index is -4.54. The zero-order valence-electron chi connectivity index (χ0n) is 8.82. The number of carbonyl (C=O) groups excluding carboxylic acids is 1. The Morgan fingerprint density at radius 2 is 1.76 bits per heavy atom. The van der Waals surface area contributed by atoms with Crippen LogP contribution in [0.5, 0.6) is 11.5 Å². The van der Waals surface area contributed by atoms with Crippen molar-refractivity contribution in [3.63, 3.8) is 0 Å². The lowest BCUT2D eigenvalue weighted by Crippen LogP contribution is -2.35. The first-order valence-electron chi connectivity index (χ1n) is 4.55. The van der Waals surface area contributed by atoms with Crippen molar-refractivity contribution in [2.45, 2.75) is 6.18 Å². The van der Waals surface area contributed by atoms with Crippen LogP contribution in [0.15, 0.2) is 18.2 Å². The molecule has 1 aromatic rings. The highest BCUT2D eigenvalue weighted by Crippen LogP contribution is 2.28.